The average molecular weight is 115 g/mol. The second-order valence-corrected chi connectivity index (χ2v) is 1.81. The molecule has 47 valence electrons. The highest BCUT2D eigenvalue weighted by Gasteiger charge is 1.89. The molecule has 0 aliphatic carbocycles. The van der Waals surface area contributed by atoms with Crippen molar-refractivity contribution in [3.8, 4) is 0 Å². The molecule has 2 nitrogen and oxygen atoms in total. The van der Waals surface area contributed by atoms with E-state index in [1.54, 1.807) is 6.29 Å². The topological polar surface area (TPSA) is 26.3 Å². The first-order valence-electron chi connectivity index (χ1n) is 2.74. The van der Waals surface area contributed by atoms with Crippen LogP contribution in [0.2, 0.25) is 0 Å². The van der Waals surface area contributed by atoms with Crippen LogP contribution in [0.5, 0.6) is 0 Å². The number of carbonyl (C=O) groups excluding carboxylic acids is 1. The second-order valence-electron chi connectivity index (χ2n) is 1.81. The molecule has 0 aliphatic heterocycles. The number of ether oxygens (including phenoxy) is 1. The van der Waals surface area contributed by atoms with Gasteiger partial charge in [0, 0.05) is 6.42 Å². The Morgan fingerprint density at radius 3 is 2.62 bits per heavy atom. The molecule has 0 amide bonds. The van der Waals surface area contributed by atoms with Crippen molar-refractivity contribution in [3.63, 3.8) is 0 Å². The molecule has 8 heavy (non-hydrogen) atoms. The zero-order valence-corrected chi connectivity index (χ0v) is 5.31. The highest BCUT2D eigenvalue weighted by molar-refractivity contribution is 5.50. The highest BCUT2D eigenvalue weighted by Crippen LogP contribution is 1.86. The molecule has 0 bridgehead atoms. The Kier molecular flexibility index (Phi) is 4.56. The van der Waals surface area contributed by atoms with E-state index in [0.717, 1.165) is 0 Å². The predicted molar refractivity (Wildman–Crippen MR) is 31.4 cm³/mol. The zero-order chi connectivity index (χ0) is 6.41. The highest BCUT2D eigenvalue weighted by atomic mass is 16.5. The SMILES string of the molecule is CC(C)OCC[C]=O. The Morgan fingerprint density at radius 2 is 2.25 bits per heavy atom. The summed E-state index contributed by atoms with van der Waals surface area (Å²) in [6.07, 6.45) is 2.36. The molecule has 0 heterocycles. The van der Waals surface area contributed by atoms with Gasteiger partial charge >= 0.3 is 0 Å². The van der Waals surface area contributed by atoms with Gasteiger partial charge in [-0.2, -0.15) is 0 Å². The van der Waals surface area contributed by atoms with Gasteiger partial charge in [0.05, 0.1) is 12.7 Å². The lowest BCUT2D eigenvalue weighted by Gasteiger charge is -2.02. The minimum absolute atomic E-state index is 0.225. The first-order valence-corrected chi connectivity index (χ1v) is 2.74. The number of rotatable bonds is 4. The van der Waals surface area contributed by atoms with Crippen LogP contribution < -0.4 is 0 Å². The summed E-state index contributed by atoms with van der Waals surface area (Å²) in [6, 6.07) is 0. The minimum Gasteiger partial charge on any atom is -0.378 e. The fourth-order valence-corrected chi connectivity index (χ4v) is 0.336. The van der Waals surface area contributed by atoms with Crippen molar-refractivity contribution >= 4 is 6.29 Å². The van der Waals surface area contributed by atoms with Crippen molar-refractivity contribution in [2.75, 3.05) is 6.61 Å². The fraction of sp³-hybridized carbons (Fsp3) is 0.833. The largest absolute Gasteiger partial charge is 0.378 e. The lowest BCUT2D eigenvalue weighted by atomic mass is 10.4. The molecule has 0 aromatic heterocycles. The van der Waals surface area contributed by atoms with E-state index in [2.05, 4.69) is 0 Å². The van der Waals surface area contributed by atoms with Gasteiger partial charge in [-0.25, -0.2) is 0 Å². The summed E-state index contributed by atoms with van der Waals surface area (Å²) in [7, 11) is 0. The Hall–Kier alpha value is -0.370. The van der Waals surface area contributed by atoms with Gasteiger partial charge in [0.15, 0.2) is 0 Å². The van der Waals surface area contributed by atoms with Crippen molar-refractivity contribution in [1.29, 1.82) is 0 Å². The van der Waals surface area contributed by atoms with Gasteiger partial charge in [-0.3, -0.25) is 4.79 Å². The molecule has 1 radical (unpaired) electrons. The summed E-state index contributed by atoms with van der Waals surface area (Å²) in [4.78, 5) is 9.58. The monoisotopic (exact) mass is 115 g/mol. The molecule has 0 aromatic rings. The van der Waals surface area contributed by atoms with Crippen molar-refractivity contribution in [1.82, 2.24) is 0 Å². The van der Waals surface area contributed by atoms with Crippen LogP contribution in [0.1, 0.15) is 20.3 Å². The van der Waals surface area contributed by atoms with Crippen molar-refractivity contribution < 1.29 is 9.53 Å². The summed E-state index contributed by atoms with van der Waals surface area (Å²) in [6.45, 7) is 4.37. The van der Waals surface area contributed by atoms with E-state index in [4.69, 9.17) is 4.74 Å². The fourth-order valence-electron chi connectivity index (χ4n) is 0.336. The van der Waals surface area contributed by atoms with Crippen LogP contribution in [0.25, 0.3) is 0 Å². The third-order valence-corrected chi connectivity index (χ3v) is 0.655. The second kappa shape index (κ2) is 4.78. The van der Waals surface area contributed by atoms with Crippen LogP contribution in [-0.2, 0) is 9.53 Å². The lowest BCUT2D eigenvalue weighted by molar-refractivity contribution is 0.0843. The average Bonchev–Trinajstić information content (AvgIpc) is 1.66. The standard InChI is InChI=1S/C6H11O2/c1-6(2)8-5-3-4-7/h6H,3,5H2,1-2H3. The zero-order valence-electron chi connectivity index (χ0n) is 5.31. The van der Waals surface area contributed by atoms with E-state index in [9.17, 15) is 4.79 Å². The van der Waals surface area contributed by atoms with E-state index < -0.39 is 0 Å². The van der Waals surface area contributed by atoms with Gasteiger partial charge in [0.2, 0.25) is 6.29 Å². The van der Waals surface area contributed by atoms with Crippen LogP contribution in [0.3, 0.4) is 0 Å². The normalized spacial score (nSPS) is 9.88. The van der Waals surface area contributed by atoms with Gasteiger partial charge in [-0.1, -0.05) is 0 Å². The Labute approximate surface area is 49.8 Å². The summed E-state index contributed by atoms with van der Waals surface area (Å²) < 4.78 is 5.02. The molecule has 0 aliphatic rings. The van der Waals surface area contributed by atoms with Gasteiger partial charge in [-0.15, -0.1) is 0 Å². The Bertz CT molecular complexity index is 59.5. The maximum absolute atomic E-state index is 9.58. The number of hydrogen-bond acceptors (Lipinski definition) is 2. The van der Waals surface area contributed by atoms with Crippen LogP contribution in [0.15, 0.2) is 0 Å². The van der Waals surface area contributed by atoms with Crippen LogP contribution in [-0.4, -0.2) is 19.0 Å². The molecule has 0 rings (SSSR count). The molecule has 0 unspecified atom stereocenters. The molecular formula is C6H11O2. The van der Waals surface area contributed by atoms with Crippen LogP contribution in [0.4, 0.5) is 0 Å². The van der Waals surface area contributed by atoms with Gasteiger partial charge in [-0.05, 0) is 13.8 Å². The van der Waals surface area contributed by atoms with Crippen LogP contribution >= 0.6 is 0 Å². The molecule has 0 saturated carbocycles. The van der Waals surface area contributed by atoms with E-state index in [-0.39, 0.29) is 6.10 Å². The van der Waals surface area contributed by atoms with Crippen molar-refractivity contribution in [3.05, 3.63) is 0 Å². The molecule has 0 aromatic carbocycles. The smallest absolute Gasteiger partial charge is 0.200 e. The number of hydrogen-bond donors (Lipinski definition) is 0. The molecule has 0 atom stereocenters. The molecule has 0 spiro atoms. The molecule has 0 N–H and O–H groups in total. The van der Waals surface area contributed by atoms with Crippen molar-refractivity contribution in [2.45, 2.75) is 26.4 Å². The summed E-state index contributed by atoms with van der Waals surface area (Å²) in [5, 5.41) is 0. The van der Waals surface area contributed by atoms with E-state index in [0.29, 0.717) is 13.0 Å². The quantitative estimate of drug-likeness (QED) is 0.509. The maximum atomic E-state index is 9.58. The molecule has 2 heteroatoms. The molecular weight excluding hydrogens is 104 g/mol. The predicted octanol–water partition coefficient (Wildman–Crippen LogP) is 0.911. The Balaban J connectivity index is 2.81. The van der Waals surface area contributed by atoms with E-state index in [1.807, 2.05) is 13.8 Å². The first kappa shape index (κ1) is 7.63. The van der Waals surface area contributed by atoms with Gasteiger partial charge in [0.1, 0.15) is 0 Å². The lowest BCUT2D eigenvalue weighted by Crippen LogP contribution is -2.03. The summed E-state index contributed by atoms with van der Waals surface area (Å²) in [5.74, 6) is 0. The summed E-state index contributed by atoms with van der Waals surface area (Å²) >= 11 is 0. The van der Waals surface area contributed by atoms with E-state index in [1.165, 1.54) is 0 Å². The first-order chi connectivity index (χ1) is 3.77. The molecule has 0 fully saturated rings. The van der Waals surface area contributed by atoms with Crippen molar-refractivity contribution in [2.24, 2.45) is 0 Å². The third kappa shape index (κ3) is 5.63. The van der Waals surface area contributed by atoms with Gasteiger partial charge in [0.25, 0.3) is 0 Å². The maximum Gasteiger partial charge on any atom is 0.200 e. The Morgan fingerprint density at radius 1 is 1.62 bits per heavy atom. The van der Waals surface area contributed by atoms with Gasteiger partial charge < -0.3 is 4.74 Å². The summed E-state index contributed by atoms with van der Waals surface area (Å²) in [5.41, 5.74) is 0. The third-order valence-electron chi connectivity index (χ3n) is 0.655. The minimum atomic E-state index is 0.225. The van der Waals surface area contributed by atoms with E-state index >= 15 is 0 Å². The molecule has 0 saturated heterocycles. The van der Waals surface area contributed by atoms with Crippen LogP contribution in [0, 0.1) is 0 Å².